The number of ketones is 3. The van der Waals surface area contributed by atoms with Crippen molar-refractivity contribution < 1.29 is 52.5 Å². The Morgan fingerprint density at radius 3 is 1.93 bits per heavy atom. The van der Waals surface area contributed by atoms with Gasteiger partial charge < -0.3 is 40.6 Å². The van der Waals surface area contributed by atoms with Crippen LogP contribution in [0.2, 0.25) is 0 Å². The van der Waals surface area contributed by atoms with Gasteiger partial charge in [0.25, 0.3) is 0 Å². The molecule has 1 aliphatic carbocycles. The van der Waals surface area contributed by atoms with E-state index in [4.69, 9.17) is 24.7 Å². The van der Waals surface area contributed by atoms with E-state index in [9.17, 15) is 33.6 Å². The van der Waals surface area contributed by atoms with E-state index in [1.165, 1.54) is 0 Å². The summed E-state index contributed by atoms with van der Waals surface area (Å²) in [5, 5.41) is 7.96. The number of ether oxygens (including phenoxy) is 4. The molecule has 0 radical (unpaired) electrons. The van der Waals surface area contributed by atoms with Crippen LogP contribution in [0.5, 0.6) is 0 Å². The number of nitrogens with one attached hydrogen (secondary N) is 3. The van der Waals surface area contributed by atoms with Gasteiger partial charge in [0.2, 0.25) is 5.91 Å². The van der Waals surface area contributed by atoms with E-state index >= 15 is 0 Å². The second kappa shape index (κ2) is 25.6. The molecule has 0 saturated carbocycles. The summed E-state index contributed by atoms with van der Waals surface area (Å²) < 4.78 is 22.3. The predicted octanol–water partition coefficient (Wildman–Crippen LogP) is 5.93. The fraction of sp³-hybridized carbons (Fsp3) is 0.587. The molecule has 5 N–H and O–H groups in total. The highest BCUT2D eigenvalue weighted by molar-refractivity contribution is 5.92. The van der Waals surface area contributed by atoms with Crippen molar-refractivity contribution in [2.45, 2.75) is 123 Å². The third-order valence-electron chi connectivity index (χ3n) is 10.3. The van der Waals surface area contributed by atoms with E-state index in [2.05, 4.69) is 16.0 Å². The Kier molecular flexibility index (Phi) is 21.1. The van der Waals surface area contributed by atoms with Gasteiger partial charge in [-0.3, -0.25) is 24.0 Å². The number of alkyl carbamates (subject to hydrolysis) is 1. The molecule has 2 aromatic rings. The first-order valence-corrected chi connectivity index (χ1v) is 21.4. The summed E-state index contributed by atoms with van der Waals surface area (Å²) in [4.78, 5) is 88.3. The van der Waals surface area contributed by atoms with E-state index in [-0.39, 0.29) is 113 Å². The van der Waals surface area contributed by atoms with Crippen molar-refractivity contribution in [3.05, 3.63) is 59.7 Å². The van der Waals surface area contributed by atoms with Crippen molar-refractivity contribution in [3.8, 4) is 11.1 Å². The summed E-state index contributed by atoms with van der Waals surface area (Å²) in [5.74, 6) is -2.32. The number of hydrogen-bond acceptors (Lipinski definition) is 11. The maximum Gasteiger partial charge on any atom is 0.407 e. The highest BCUT2D eigenvalue weighted by atomic mass is 16.6. The zero-order valence-electron chi connectivity index (χ0n) is 36.7. The fourth-order valence-corrected chi connectivity index (χ4v) is 7.12. The Morgan fingerprint density at radius 2 is 1.34 bits per heavy atom. The number of nitrogens with two attached hydrogens (primary N) is 1. The third kappa shape index (κ3) is 17.8. The molecule has 15 heteroatoms. The zero-order valence-corrected chi connectivity index (χ0v) is 36.7. The number of fused-ring (bicyclic) bond motifs is 3. The summed E-state index contributed by atoms with van der Waals surface area (Å²) >= 11 is 0. The van der Waals surface area contributed by atoms with Crippen molar-refractivity contribution in [2.24, 2.45) is 17.6 Å². The lowest BCUT2D eigenvalue weighted by atomic mass is 9.88. The minimum atomic E-state index is -0.970. The standard InChI is InChI=1S/C46H66N4O11/c1-7-40(52)38(18-12-23-48-44(47)56)49-43(55)36(30(2)3)28-31(51)22-25-59-27-26-58-24-13-19-41(53)39(20-21-42(54)61-46(4,5)6)50-45(57)60-29-37-34-16-10-8-14-32(34)33-15-9-11-17-35(33)37/h8-11,14-17,30,36-39H,7,12-13,18-29H2,1-6H3,(H,49,55)(H,50,57)(H3,47,48,56)/t36-,38-,39-/m0/s1. The Balaban J connectivity index is 1.40. The summed E-state index contributed by atoms with van der Waals surface area (Å²) in [6.07, 6.45) is 0.794. The first-order chi connectivity index (χ1) is 29.0. The minimum Gasteiger partial charge on any atom is -0.460 e. The number of primary amides is 1. The summed E-state index contributed by atoms with van der Waals surface area (Å²) in [5.41, 5.74) is 8.71. The molecule has 0 saturated heterocycles. The SMILES string of the molecule is CCC(=O)[C@H](CCCNC(N)=O)NC(=O)[C@@H](CC(=O)CCOCCOCCCC(=O)[C@H](CCC(=O)OC(C)(C)C)NC(=O)OCC1c2ccccc2-c2ccccc21)C(C)C. The van der Waals surface area contributed by atoms with Gasteiger partial charge in [0.05, 0.1) is 31.9 Å². The maximum absolute atomic E-state index is 13.3. The van der Waals surface area contributed by atoms with Crippen LogP contribution in [-0.2, 0) is 42.9 Å². The first-order valence-electron chi connectivity index (χ1n) is 21.4. The largest absolute Gasteiger partial charge is 0.460 e. The first kappa shape index (κ1) is 50.2. The molecule has 0 bridgehead atoms. The number of benzene rings is 2. The van der Waals surface area contributed by atoms with E-state index < -0.39 is 41.7 Å². The van der Waals surface area contributed by atoms with Crippen LogP contribution in [0.3, 0.4) is 0 Å². The minimum absolute atomic E-state index is 0.00256. The van der Waals surface area contributed by atoms with Crippen molar-refractivity contribution in [1.82, 2.24) is 16.0 Å². The molecular formula is C46H66N4O11. The zero-order chi connectivity index (χ0) is 45.0. The van der Waals surface area contributed by atoms with Gasteiger partial charge in [-0.15, -0.1) is 0 Å². The van der Waals surface area contributed by atoms with E-state index in [1.54, 1.807) is 27.7 Å². The van der Waals surface area contributed by atoms with Crippen LogP contribution in [-0.4, -0.2) is 98.6 Å². The second-order valence-corrected chi connectivity index (χ2v) is 16.6. The normalized spacial score (nSPS) is 13.6. The molecule has 1 aliphatic rings. The van der Waals surface area contributed by atoms with Crippen LogP contribution in [0.15, 0.2) is 48.5 Å². The van der Waals surface area contributed by atoms with E-state index in [0.717, 1.165) is 22.3 Å². The fourth-order valence-electron chi connectivity index (χ4n) is 7.12. The number of amides is 4. The number of carbonyl (C=O) groups is 7. The van der Waals surface area contributed by atoms with Gasteiger partial charge >= 0.3 is 18.1 Å². The molecule has 61 heavy (non-hydrogen) atoms. The molecule has 0 aromatic heterocycles. The van der Waals surface area contributed by atoms with Gasteiger partial charge in [-0.2, -0.15) is 0 Å². The van der Waals surface area contributed by atoms with Crippen LogP contribution < -0.4 is 21.7 Å². The van der Waals surface area contributed by atoms with Gasteiger partial charge in [-0.25, -0.2) is 9.59 Å². The lowest BCUT2D eigenvalue weighted by Crippen LogP contribution is -2.45. The van der Waals surface area contributed by atoms with Gasteiger partial charge in [-0.1, -0.05) is 69.3 Å². The molecule has 4 amide bonds. The van der Waals surface area contributed by atoms with Gasteiger partial charge in [0.15, 0.2) is 11.6 Å². The molecule has 336 valence electrons. The summed E-state index contributed by atoms with van der Waals surface area (Å²) in [7, 11) is 0. The average molecular weight is 851 g/mol. The molecule has 0 aliphatic heterocycles. The van der Waals surface area contributed by atoms with E-state index in [0.29, 0.717) is 19.3 Å². The number of rotatable bonds is 28. The third-order valence-corrected chi connectivity index (χ3v) is 10.3. The van der Waals surface area contributed by atoms with Crippen LogP contribution in [0.1, 0.15) is 116 Å². The highest BCUT2D eigenvalue weighted by Gasteiger charge is 2.31. The Hall–Kier alpha value is -5.15. The van der Waals surface area contributed by atoms with Gasteiger partial charge in [0, 0.05) is 57.1 Å². The topological polar surface area (TPSA) is 219 Å². The lowest BCUT2D eigenvalue weighted by molar-refractivity contribution is -0.155. The van der Waals surface area contributed by atoms with Crippen LogP contribution in [0.4, 0.5) is 9.59 Å². The Labute approximate surface area is 359 Å². The monoisotopic (exact) mass is 850 g/mol. The molecule has 3 rings (SSSR count). The summed E-state index contributed by atoms with van der Waals surface area (Å²) in [6, 6.07) is 13.6. The maximum atomic E-state index is 13.3. The predicted molar refractivity (Wildman–Crippen MR) is 230 cm³/mol. The lowest BCUT2D eigenvalue weighted by Gasteiger charge is -2.24. The van der Waals surface area contributed by atoms with Crippen molar-refractivity contribution >= 4 is 41.4 Å². The Bertz CT molecular complexity index is 1740. The van der Waals surface area contributed by atoms with Crippen molar-refractivity contribution in [3.63, 3.8) is 0 Å². The second-order valence-electron chi connectivity index (χ2n) is 16.6. The quantitative estimate of drug-likeness (QED) is 0.0581. The number of esters is 1. The Morgan fingerprint density at radius 1 is 0.738 bits per heavy atom. The molecule has 15 nitrogen and oxygen atoms in total. The number of Topliss-reactive ketones (excluding diaryl/α,β-unsaturated/α-hetero) is 3. The van der Waals surface area contributed by atoms with Gasteiger partial charge in [0.1, 0.15) is 18.0 Å². The molecular weight excluding hydrogens is 785 g/mol. The highest BCUT2D eigenvalue weighted by Crippen LogP contribution is 2.44. The van der Waals surface area contributed by atoms with Gasteiger partial charge in [-0.05, 0) is 74.6 Å². The summed E-state index contributed by atoms with van der Waals surface area (Å²) in [6.45, 7) is 11.8. The molecule has 0 fully saturated rings. The van der Waals surface area contributed by atoms with E-state index in [1.807, 2.05) is 62.4 Å². The molecule has 3 atom stereocenters. The van der Waals surface area contributed by atoms with Crippen LogP contribution in [0, 0.1) is 11.8 Å². The van der Waals surface area contributed by atoms with Crippen LogP contribution >= 0.6 is 0 Å². The smallest absolute Gasteiger partial charge is 0.407 e. The van der Waals surface area contributed by atoms with Crippen molar-refractivity contribution in [2.75, 3.05) is 39.6 Å². The number of hydrogen-bond donors (Lipinski definition) is 4. The molecule has 0 unspecified atom stereocenters. The molecule has 0 heterocycles. The van der Waals surface area contributed by atoms with Crippen molar-refractivity contribution in [1.29, 1.82) is 0 Å². The number of carbonyl (C=O) groups excluding carboxylic acids is 7. The molecule has 0 spiro atoms. The van der Waals surface area contributed by atoms with Crippen LogP contribution in [0.25, 0.3) is 11.1 Å². The molecule has 2 aromatic carbocycles. The average Bonchev–Trinajstić information content (AvgIpc) is 3.53. The number of urea groups is 1.